The molecule has 2 unspecified atom stereocenters. The molecule has 0 heterocycles. The highest BCUT2D eigenvalue weighted by molar-refractivity contribution is 6.31. The van der Waals surface area contributed by atoms with Gasteiger partial charge in [0, 0.05) is 16.3 Å². The molecule has 6 nitrogen and oxygen atoms in total. The number of methoxy groups -OCH3 is 1. The molecule has 2 atom stereocenters. The highest BCUT2D eigenvalue weighted by atomic mass is 35.5. The van der Waals surface area contributed by atoms with Crippen molar-refractivity contribution in [1.82, 2.24) is 0 Å². The summed E-state index contributed by atoms with van der Waals surface area (Å²) >= 11 is 5.96. The highest BCUT2D eigenvalue weighted by Gasteiger charge is 2.48. The van der Waals surface area contributed by atoms with Crippen LogP contribution in [0.25, 0.3) is 0 Å². The van der Waals surface area contributed by atoms with Gasteiger partial charge >= 0.3 is 0 Å². The van der Waals surface area contributed by atoms with E-state index in [4.69, 9.17) is 16.3 Å². The molecule has 3 rings (SSSR count). The Morgan fingerprint density at radius 2 is 1.63 bits per heavy atom. The number of ether oxygens (including phenoxy) is 1. The summed E-state index contributed by atoms with van der Waals surface area (Å²) in [6.45, 7) is 1.48. The summed E-state index contributed by atoms with van der Waals surface area (Å²) < 4.78 is 5.20. The molecule has 0 spiro atoms. The third-order valence-corrected chi connectivity index (χ3v) is 4.68. The third kappa shape index (κ3) is 4.46. The number of hydrogen-bond acceptors (Lipinski definition) is 4. The fourth-order valence-electron chi connectivity index (χ4n) is 2.80. The fourth-order valence-corrected chi connectivity index (χ4v) is 2.97. The monoisotopic (exact) mass is 386 g/mol. The maximum Gasteiger partial charge on any atom is 0.228 e. The number of anilines is 2. The predicted octanol–water partition coefficient (Wildman–Crippen LogP) is 3.76. The summed E-state index contributed by atoms with van der Waals surface area (Å²) in [5.41, 5.74) is 1.64. The minimum absolute atomic E-state index is 0.0387. The van der Waals surface area contributed by atoms with Crippen molar-refractivity contribution in [3.05, 3.63) is 53.1 Å². The predicted molar refractivity (Wildman–Crippen MR) is 103 cm³/mol. The molecule has 1 fully saturated rings. The van der Waals surface area contributed by atoms with Crippen LogP contribution in [-0.4, -0.2) is 24.7 Å². The van der Waals surface area contributed by atoms with Gasteiger partial charge in [-0.05, 0) is 55.8 Å². The zero-order valence-corrected chi connectivity index (χ0v) is 15.7. The highest BCUT2D eigenvalue weighted by Crippen LogP contribution is 2.41. The number of carbonyl (C=O) groups is 3. The third-order valence-electron chi connectivity index (χ3n) is 4.44. The number of amides is 2. The maximum atomic E-state index is 12.4. The van der Waals surface area contributed by atoms with Crippen LogP contribution in [0.15, 0.2) is 42.5 Å². The van der Waals surface area contributed by atoms with Crippen LogP contribution in [0.1, 0.15) is 23.7 Å². The van der Waals surface area contributed by atoms with Crippen molar-refractivity contribution in [2.24, 2.45) is 11.8 Å². The Balaban J connectivity index is 1.58. The van der Waals surface area contributed by atoms with E-state index in [2.05, 4.69) is 10.6 Å². The van der Waals surface area contributed by atoms with Gasteiger partial charge in [0.25, 0.3) is 0 Å². The number of rotatable bonds is 6. The first-order valence-corrected chi connectivity index (χ1v) is 8.83. The second-order valence-corrected chi connectivity index (χ2v) is 6.84. The van der Waals surface area contributed by atoms with Crippen LogP contribution >= 0.6 is 11.6 Å². The SMILES string of the molecule is COc1ccc(Cl)cc1NC(=O)C1CC1C(=O)Nc1ccc(C(C)=O)cc1. The van der Waals surface area contributed by atoms with Gasteiger partial charge in [0.05, 0.1) is 24.6 Å². The molecule has 1 aliphatic rings. The minimum Gasteiger partial charge on any atom is -0.495 e. The lowest BCUT2D eigenvalue weighted by molar-refractivity contribution is -0.122. The fraction of sp³-hybridized carbons (Fsp3) is 0.250. The van der Waals surface area contributed by atoms with Gasteiger partial charge in [-0.25, -0.2) is 0 Å². The van der Waals surface area contributed by atoms with Crippen LogP contribution < -0.4 is 15.4 Å². The minimum atomic E-state index is -0.398. The second-order valence-electron chi connectivity index (χ2n) is 6.41. The summed E-state index contributed by atoms with van der Waals surface area (Å²) in [5, 5.41) is 6.02. The van der Waals surface area contributed by atoms with Gasteiger partial charge in [-0.1, -0.05) is 11.6 Å². The summed E-state index contributed by atoms with van der Waals surface area (Å²) in [6.07, 6.45) is 0.478. The lowest BCUT2D eigenvalue weighted by atomic mass is 10.1. The van der Waals surface area contributed by atoms with Crippen LogP contribution in [-0.2, 0) is 9.59 Å². The van der Waals surface area contributed by atoms with Gasteiger partial charge in [0.1, 0.15) is 5.75 Å². The van der Waals surface area contributed by atoms with E-state index >= 15 is 0 Å². The molecule has 2 N–H and O–H groups in total. The van der Waals surface area contributed by atoms with Crippen LogP contribution in [0.5, 0.6) is 5.75 Å². The van der Waals surface area contributed by atoms with E-state index in [1.54, 1.807) is 42.5 Å². The van der Waals surface area contributed by atoms with Crippen molar-refractivity contribution < 1.29 is 19.1 Å². The number of hydrogen-bond donors (Lipinski definition) is 2. The van der Waals surface area contributed by atoms with Crippen molar-refractivity contribution in [2.75, 3.05) is 17.7 Å². The van der Waals surface area contributed by atoms with Gasteiger partial charge in [0.2, 0.25) is 11.8 Å². The largest absolute Gasteiger partial charge is 0.495 e. The topological polar surface area (TPSA) is 84.5 Å². The molecule has 1 aliphatic carbocycles. The van der Waals surface area contributed by atoms with Crippen molar-refractivity contribution in [1.29, 1.82) is 0 Å². The number of ketones is 1. The number of nitrogens with one attached hydrogen (secondary N) is 2. The van der Waals surface area contributed by atoms with E-state index in [1.807, 2.05) is 0 Å². The molecule has 0 aliphatic heterocycles. The smallest absolute Gasteiger partial charge is 0.228 e. The van der Waals surface area contributed by atoms with Crippen LogP contribution in [0.3, 0.4) is 0 Å². The summed E-state index contributed by atoms with van der Waals surface area (Å²) in [5.74, 6) is -0.789. The lowest BCUT2D eigenvalue weighted by Gasteiger charge is -2.10. The van der Waals surface area contributed by atoms with Crippen LogP contribution in [0.2, 0.25) is 5.02 Å². The molecule has 0 aromatic heterocycles. The summed E-state index contributed by atoms with van der Waals surface area (Å²) in [7, 11) is 1.50. The maximum absolute atomic E-state index is 12.4. The molecular weight excluding hydrogens is 368 g/mol. The average Bonchev–Trinajstić information content (AvgIpc) is 3.43. The Hall–Kier alpha value is -2.86. The van der Waals surface area contributed by atoms with Gasteiger partial charge < -0.3 is 15.4 Å². The molecule has 27 heavy (non-hydrogen) atoms. The first-order valence-electron chi connectivity index (χ1n) is 8.45. The summed E-state index contributed by atoms with van der Waals surface area (Å²) in [4.78, 5) is 36.0. The van der Waals surface area contributed by atoms with Gasteiger partial charge in [0.15, 0.2) is 5.78 Å². The molecule has 0 saturated heterocycles. The van der Waals surface area contributed by atoms with Gasteiger partial charge in [-0.3, -0.25) is 14.4 Å². The second kappa shape index (κ2) is 7.80. The molecule has 2 amide bonds. The van der Waals surface area contributed by atoms with Gasteiger partial charge in [-0.2, -0.15) is 0 Å². The zero-order valence-electron chi connectivity index (χ0n) is 14.9. The zero-order chi connectivity index (χ0) is 19.6. The number of benzene rings is 2. The average molecular weight is 387 g/mol. The van der Waals surface area contributed by atoms with E-state index in [0.29, 0.717) is 34.1 Å². The summed E-state index contributed by atoms with van der Waals surface area (Å²) in [6, 6.07) is 11.6. The first-order chi connectivity index (χ1) is 12.9. The normalized spacial score (nSPS) is 17.7. The molecule has 140 valence electrons. The van der Waals surface area contributed by atoms with E-state index < -0.39 is 5.92 Å². The first kappa shape index (κ1) is 18.9. The van der Waals surface area contributed by atoms with E-state index in [0.717, 1.165) is 0 Å². The van der Waals surface area contributed by atoms with E-state index in [1.165, 1.54) is 14.0 Å². The van der Waals surface area contributed by atoms with Crippen molar-refractivity contribution >= 4 is 40.6 Å². The molecule has 0 radical (unpaired) electrons. The molecular formula is C20H19ClN2O4. The number of halogens is 1. The molecule has 0 bridgehead atoms. The van der Waals surface area contributed by atoms with Crippen molar-refractivity contribution in [3.63, 3.8) is 0 Å². The van der Waals surface area contributed by atoms with E-state index in [-0.39, 0.29) is 23.5 Å². The lowest BCUT2D eigenvalue weighted by Crippen LogP contribution is -2.20. The Kier molecular flexibility index (Phi) is 5.46. The quantitative estimate of drug-likeness (QED) is 0.740. The van der Waals surface area contributed by atoms with Crippen LogP contribution in [0, 0.1) is 11.8 Å². The van der Waals surface area contributed by atoms with Crippen molar-refractivity contribution in [3.8, 4) is 5.75 Å². The van der Waals surface area contributed by atoms with E-state index in [9.17, 15) is 14.4 Å². The number of Topliss-reactive ketones (excluding diaryl/α,β-unsaturated/α-hetero) is 1. The van der Waals surface area contributed by atoms with Gasteiger partial charge in [-0.15, -0.1) is 0 Å². The molecule has 2 aromatic rings. The molecule has 2 aromatic carbocycles. The Morgan fingerprint density at radius 3 is 2.22 bits per heavy atom. The Morgan fingerprint density at radius 1 is 1.00 bits per heavy atom. The Bertz CT molecular complexity index is 895. The molecule has 7 heteroatoms. The van der Waals surface area contributed by atoms with Crippen molar-refractivity contribution in [2.45, 2.75) is 13.3 Å². The molecule has 1 saturated carbocycles. The number of carbonyl (C=O) groups excluding carboxylic acids is 3. The Labute approximate surface area is 161 Å². The standard InChI is InChI=1S/C20H19ClN2O4/c1-11(24)12-3-6-14(7-4-12)22-19(25)15-10-16(15)20(26)23-17-9-13(21)5-8-18(17)27-2/h3-9,15-16H,10H2,1-2H3,(H,22,25)(H,23,26). The van der Waals surface area contributed by atoms with Crippen LogP contribution in [0.4, 0.5) is 11.4 Å².